The van der Waals surface area contributed by atoms with E-state index in [-0.39, 0.29) is 27.2 Å². The van der Waals surface area contributed by atoms with Crippen LogP contribution in [0, 0.1) is 11.3 Å². The van der Waals surface area contributed by atoms with Gasteiger partial charge in [0.05, 0.1) is 21.9 Å². The maximum Gasteiger partial charge on any atom is 0.412 e. The summed E-state index contributed by atoms with van der Waals surface area (Å²) in [6, 6.07) is 3.85. The van der Waals surface area contributed by atoms with Gasteiger partial charge >= 0.3 is 12.1 Å². The largest absolute Gasteiger partial charge is 0.453 e. The van der Waals surface area contributed by atoms with E-state index in [1.54, 1.807) is 0 Å². The number of nitriles is 1. The number of anilines is 1. The van der Waals surface area contributed by atoms with E-state index in [2.05, 4.69) is 21.0 Å². The topological polar surface area (TPSA) is 149 Å². The Bertz CT molecular complexity index is 1180. The predicted molar refractivity (Wildman–Crippen MR) is 111 cm³/mol. The molecule has 0 bridgehead atoms. The summed E-state index contributed by atoms with van der Waals surface area (Å²) < 4.78 is 48.9. The second-order valence-electron chi connectivity index (χ2n) is 5.93. The number of benzene rings is 1. The summed E-state index contributed by atoms with van der Waals surface area (Å²) in [6.45, 7) is -1.49. The summed E-state index contributed by atoms with van der Waals surface area (Å²) in [5.74, 6) is -1.70. The Balaban J connectivity index is 2.29. The van der Waals surface area contributed by atoms with Crippen LogP contribution in [0.2, 0.25) is 10.0 Å². The third-order valence-electron chi connectivity index (χ3n) is 3.72. The van der Waals surface area contributed by atoms with Crippen molar-refractivity contribution in [3.8, 4) is 17.6 Å². The fraction of sp³-hybridized carbons (Fsp3) is 0.167. The molecule has 33 heavy (non-hydrogen) atoms. The number of hydrogen-bond acceptors (Lipinski definition) is 8. The molecule has 0 fully saturated rings. The highest BCUT2D eigenvalue weighted by molar-refractivity contribution is 6.44. The van der Waals surface area contributed by atoms with Gasteiger partial charge in [0.15, 0.2) is 5.75 Å². The third kappa shape index (κ3) is 6.61. The highest BCUT2D eigenvalue weighted by Gasteiger charge is 2.24. The van der Waals surface area contributed by atoms with Gasteiger partial charge in [0, 0.05) is 6.07 Å². The summed E-state index contributed by atoms with van der Waals surface area (Å²) in [7, 11) is 0. The van der Waals surface area contributed by atoms with Crippen molar-refractivity contribution in [3.05, 3.63) is 50.9 Å². The van der Waals surface area contributed by atoms with Crippen molar-refractivity contribution in [1.29, 1.82) is 5.26 Å². The second-order valence-corrected chi connectivity index (χ2v) is 6.74. The molecule has 2 rings (SSSR count). The van der Waals surface area contributed by atoms with E-state index in [0.29, 0.717) is 4.57 Å². The first-order valence-electron chi connectivity index (χ1n) is 8.56. The van der Waals surface area contributed by atoms with Crippen molar-refractivity contribution in [2.24, 2.45) is 10.8 Å². The fourth-order valence-corrected chi connectivity index (χ4v) is 2.85. The maximum absolute atomic E-state index is 13.0. The van der Waals surface area contributed by atoms with Gasteiger partial charge in [0.1, 0.15) is 24.5 Å². The number of primary amides is 1. The van der Waals surface area contributed by atoms with Gasteiger partial charge in [-0.1, -0.05) is 23.2 Å². The highest BCUT2D eigenvalue weighted by Crippen LogP contribution is 2.38. The molecule has 2 aromatic rings. The Morgan fingerprint density at radius 1 is 1.27 bits per heavy atom. The van der Waals surface area contributed by atoms with Crippen LogP contribution in [0.25, 0.3) is 0 Å². The molecule has 1 aromatic heterocycles. The quantitative estimate of drug-likeness (QED) is 0.240. The van der Waals surface area contributed by atoms with E-state index in [9.17, 15) is 27.6 Å². The molecule has 15 heteroatoms. The lowest BCUT2D eigenvalue weighted by Crippen LogP contribution is -2.29. The van der Waals surface area contributed by atoms with Gasteiger partial charge in [-0.05, 0) is 18.2 Å². The van der Waals surface area contributed by atoms with Gasteiger partial charge in [0.25, 0.3) is 12.0 Å². The fourth-order valence-electron chi connectivity index (χ4n) is 2.28. The van der Waals surface area contributed by atoms with Crippen molar-refractivity contribution in [2.45, 2.75) is 12.5 Å². The molecular weight excluding hydrogens is 494 g/mol. The zero-order valence-electron chi connectivity index (χ0n) is 16.1. The van der Waals surface area contributed by atoms with Crippen LogP contribution in [0.4, 0.5) is 23.7 Å². The van der Waals surface area contributed by atoms with Crippen molar-refractivity contribution in [3.63, 3.8) is 0 Å². The van der Waals surface area contributed by atoms with E-state index in [4.69, 9.17) is 33.2 Å². The molecule has 174 valence electrons. The third-order valence-corrected chi connectivity index (χ3v) is 4.29. The minimum atomic E-state index is -3.14. The number of aromatic nitrogens is 1. The van der Waals surface area contributed by atoms with Crippen LogP contribution in [-0.4, -0.2) is 35.4 Å². The van der Waals surface area contributed by atoms with Gasteiger partial charge in [-0.2, -0.15) is 10.4 Å². The average Bonchev–Trinajstić information content (AvgIpc) is 2.73. The van der Waals surface area contributed by atoms with Gasteiger partial charge in [0.2, 0.25) is 5.71 Å². The molecule has 10 nitrogen and oxygen atoms in total. The Kier molecular flexibility index (Phi) is 8.66. The number of carbonyl (C=O) groups is 2. The molecule has 1 aromatic carbocycles. The Labute approximate surface area is 192 Å². The Hall–Kier alpha value is -3.76. The minimum absolute atomic E-state index is 0.0668. The van der Waals surface area contributed by atoms with Gasteiger partial charge in [-0.25, -0.2) is 22.8 Å². The number of hydrazone groups is 1. The average molecular weight is 506 g/mol. The van der Waals surface area contributed by atoms with E-state index in [1.165, 1.54) is 18.2 Å². The number of halogens is 5. The highest BCUT2D eigenvalue weighted by atomic mass is 35.5. The summed E-state index contributed by atoms with van der Waals surface area (Å²) >= 11 is 12.2. The van der Waals surface area contributed by atoms with Crippen LogP contribution in [0.3, 0.4) is 0 Å². The number of carbonyl (C=O) groups excluding carboxylic acids is 2. The first-order chi connectivity index (χ1) is 15.6. The number of amides is 1. The number of rotatable bonds is 8. The van der Waals surface area contributed by atoms with E-state index < -0.39 is 42.5 Å². The molecule has 1 unspecified atom stereocenters. The monoisotopic (exact) mass is 505 g/mol. The lowest BCUT2D eigenvalue weighted by atomic mass is 10.3. The number of esters is 1. The molecule has 1 amide bonds. The lowest BCUT2D eigenvalue weighted by molar-refractivity contribution is -0.129. The first kappa shape index (κ1) is 25.5. The molecule has 0 spiro atoms. The van der Waals surface area contributed by atoms with Gasteiger partial charge in [-0.15, -0.1) is 0 Å². The molecule has 1 heterocycles. The number of nitrogens with one attached hydrogen (secondary N) is 1. The number of nitrogens with two attached hydrogens (primary N) is 1. The zero-order chi connectivity index (χ0) is 24.7. The summed E-state index contributed by atoms with van der Waals surface area (Å²) in [4.78, 5) is 33.9. The number of nitrogens with zero attached hydrogens (tertiary/aromatic N) is 3. The molecule has 0 saturated carbocycles. The van der Waals surface area contributed by atoms with E-state index >= 15 is 0 Å². The Morgan fingerprint density at radius 3 is 2.42 bits per heavy atom. The molecule has 0 aliphatic heterocycles. The minimum Gasteiger partial charge on any atom is -0.453 e. The van der Waals surface area contributed by atoms with Gasteiger partial charge < -0.3 is 19.8 Å². The van der Waals surface area contributed by atoms with E-state index in [0.717, 1.165) is 18.3 Å². The van der Waals surface area contributed by atoms with Crippen molar-refractivity contribution < 1.29 is 32.2 Å². The molecule has 3 N–H and O–H groups in total. The Morgan fingerprint density at radius 2 is 1.91 bits per heavy atom. The summed E-state index contributed by atoms with van der Waals surface area (Å²) in [5, 5.41) is 12.1. The normalized spacial score (nSPS) is 12.1. The van der Waals surface area contributed by atoms with Crippen LogP contribution in [0.1, 0.15) is 6.04 Å². The van der Waals surface area contributed by atoms with Crippen molar-refractivity contribution in [1.82, 2.24) is 4.57 Å². The summed E-state index contributed by atoms with van der Waals surface area (Å²) in [5.41, 5.74) is 5.32. The van der Waals surface area contributed by atoms with E-state index in [1.807, 2.05) is 0 Å². The smallest absolute Gasteiger partial charge is 0.412 e. The molecule has 0 radical (unpaired) electrons. The van der Waals surface area contributed by atoms with Gasteiger partial charge in [-0.3, -0.25) is 10.2 Å². The zero-order valence-corrected chi connectivity index (χ0v) is 17.6. The maximum atomic E-state index is 13.0. The predicted octanol–water partition coefficient (Wildman–Crippen LogP) is 3.64. The number of hydrogen-bond donors (Lipinski definition) is 2. The molecular formula is C18H12Cl2F3N5O5. The molecule has 1 atom stereocenters. The van der Waals surface area contributed by atoms with Crippen molar-refractivity contribution >= 4 is 46.7 Å². The second kappa shape index (κ2) is 11.2. The molecule has 0 aliphatic rings. The van der Waals surface area contributed by atoms with Crippen LogP contribution in [0.5, 0.6) is 11.5 Å². The van der Waals surface area contributed by atoms with Crippen molar-refractivity contribution in [2.75, 3.05) is 12.1 Å². The van der Waals surface area contributed by atoms with Crippen LogP contribution >= 0.6 is 23.2 Å². The first-order valence-corrected chi connectivity index (χ1v) is 9.31. The molecule has 0 saturated heterocycles. The number of alkyl halides is 3. The van der Waals surface area contributed by atoms with Crippen LogP contribution in [-0.2, 0) is 9.53 Å². The molecule has 0 aliphatic carbocycles. The summed E-state index contributed by atoms with van der Waals surface area (Å²) in [6.07, 6.45) is -3.70. The SMILES string of the molecule is N#CC(=NNc1cc(Cl)c(Oc2ccc(=O)n(C(CF)C(F)F)c2)c(Cl)c1)C(=O)OC(N)=O. The number of pyridine rings is 1. The lowest BCUT2D eigenvalue weighted by Gasteiger charge is -2.17. The number of ether oxygens (including phenoxy) is 2. The van der Waals surface area contributed by atoms with Crippen LogP contribution in [0.15, 0.2) is 40.4 Å². The van der Waals surface area contributed by atoms with Crippen LogP contribution < -0.4 is 21.5 Å². The standard InChI is InChI=1S/C18H12Cl2F3N5O5/c19-10-3-8(26-27-12(6-24)17(30)33-18(25)31)4-11(20)15(10)32-9-1-2-14(29)28(7-9)13(5-21)16(22)23/h1-4,7,13,16,26H,5H2,(H2,25,31).